The first-order valence-corrected chi connectivity index (χ1v) is 15.5. The van der Waals surface area contributed by atoms with Crippen molar-refractivity contribution in [3.05, 3.63) is 72.2 Å². The van der Waals surface area contributed by atoms with E-state index in [0.717, 1.165) is 31.2 Å². The number of nitrogen functional groups attached to an aromatic ring is 1. The van der Waals surface area contributed by atoms with Gasteiger partial charge < -0.3 is 15.6 Å². The summed E-state index contributed by atoms with van der Waals surface area (Å²) in [7, 11) is -3.82. The number of pyridine rings is 1. The zero-order valence-corrected chi connectivity index (χ0v) is 23.6. The average molecular weight is 606 g/mol. The Kier molecular flexibility index (Phi) is 6.23. The Morgan fingerprint density at radius 2 is 1.79 bits per heavy atom. The monoisotopic (exact) mass is 605 g/mol. The van der Waals surface area contributed by atoms with Gasteiger partial charge >= 0.3 is 0 Å². The van der Waals surface area contributed by atoms with Crippen molar-refractivity contribution in [2.24, 2.45) is 0 Å². The van der Waals surface area contributed by atoms with Gasteiger partial charge in [0.15, 0.2) is 15.5 Å². The fourth-order valence-corrected chi connectivity index (χ4v) is 7.54. The van der Waals surface area contributed by atoms with Crippen LogP contribution >= 0.6 is 0 Å². The molecule has 2 fully saturated rings. The Morgan fingerprint density at radius 1 is 1.07 bits per heavy atom. The van der Waals surface area contributed by atoms with E-state index >= 15 is 0 Å². The zero-order chi connectivity index (χ0) is 30.0. The number of amides is 1. The minimum absolute atomic E-state index is 0.0701. The van der Waals surface area contributed by atoms with Gasteiger partial charge in [0.1, 0.15) is 28.7 Å². The number of nitrogens with zero attached hydrogens (tertiary/aromatic N) is 7. The number of piperidine rings is 1. The van der Waals surface area contributed by atoms with Crippen LogP contribution in [0.25, 0.3) is 28.0 Å². The molecule has 6 heterocycles. The number of rotatable bonds is 5. The van der Waals surface area contributed by atoms with Crippen LogP contribution in [0.2, 0.25) is 0 Å². The summed E-state index contributed by atoms with van der Waals surface area (Å²) in [6, 6.07) is 6.47. The third-order valence-electron chi connectivity index (χ3n) is 8.30. The smallest absolute Gasteiger partial charge is 0.292 e. The van der Waals surface area contributed by atoms with Crippen molar-refractivity contribution in [3.63, 3.8) is 0 Å². The molecule has 1 aromatic carbocycles. The van der Waals surface area contributed by atoms with E-state index in [1.54, 1.807) is 6.07 Å². The molecule has 15 heteroatoms. The molecule has 0 spiro atoms. The first-order chi connectivity index (χ1) is 20.6. The minimum Gasteiger partial charge on any atom is -0.382 e. The Balaban J connectivity index is 1.29. The minimum atomic E-state index is -3.82. The number of halogens is 2. The van der Waals surface area contributed by atoms with E-state index in [1.165, 1.54) is 35.4 Å². The van der Waals surface area contributed by atoms with Crippen molar-refractivity contribution >= 4 is 27.2 Å². The number of nitrogens with two attached hydrogens (primary N) is 1. The second-order valence-electron chi connectivity index (χ2n) is 10.9. The first kappa shape index (κ1) is 27.1. The number of aromatic nitrogens is 7. The Morgan fingerprint density at radius 3 is 2.40 bits per heavy atom. The molecule has 0 radical (unpaired) electrons. The van der Waals surface area contributed by atoms with E-state index in [0.29, 0.717) is 35.3 Å². The molecule has 0 aliphatic carbocycles. The number of H-pyrrole nitrogens is 1. The number of nitrogens with one attached hydrogen (secondary N) is 1. The highest BCUT2D eigenvalue weighted by molar-refractivity contribution is 7.91. The number of benzene rings is 1. The van der Waals surface area contributed by atoms with Crippen LogP contribution in [-0.4, -0.2) is 72.3 Å². The Bertz CT molecular complexity index is 1960. The topological polar surface area (TPSA) is 165 Å². The second kappa shape index (κ2) is 9.90. The molecular weight excluding hydrogens is 580 g/mol. The predicted octanol–water partition coefficient (Wildman–Crippen LogP) is 3.39. The van der Waals surface area contributed by atoms with Gasteiger partial charge in [0.2, 0.25) is 5.82 Å². The van der Waals surface area contributed by atoms with E-state index in [4.69, 9.17) is 10.7 Å². The van der Waals surface area contributed by atoms with Crippen LogP contribution in [0, 0.1) is 11.6 Å². The molecule has 3 N–H and O–H groups in total. The Hall–Kier alpha value is -4.79. The van der Waals surface area contributed by atoms with Crippen molar-refractivity contribution < 1.29 is 22.0 Å². The van der Waals surface area contributed by atoms with Gasteiger partial charge in [-0.2, -0.15) is 9.61 Å². The van der Waals surface area contributed by atoms with Crippen LogP contribution in [0.3, 0.4) is 0 Å². The fraction of sp³-hybridized carbons (Fsp3) is 0.286. The Labute approximate surface area is 243 Å². The largest absolute Gasteiger partial charge is 0.382 e. The molecule has 43 heavy (non-hydrogen) atoms. The maximum Gasteiger partial charge on any atom is 0.292 e. The van der Waals surface area contributed by atoms with Gasteiger partial charge in [-0.25, -0.2) is 22.2 Å². The van der Waals surface area contributed by atoms with E-state index in [9.17, 15) is 22.0 Å². The molecule has 4 aromatic heterocycles. The molecule has 12 nitrogen and oxygen atoms in total. The van der Waals surface area contributed by atoms with Gasteiger partial charge in [-0.15, -0.1) is 10.2 Å². The SMILES string of the molecule is CS(=O)(=O)c1c([C@H]2C[C@H]3CC[C@@H](C2)N3C(=O)c2nnc[nH]2)nc2c(-c3ccc(-c4c(F)cccc4F)nc3)cnn2c1N. The molecule has 3 atom stereocenters. The summed E-state index contributed by atoms with van der Waals surface area (Å²) in [4.78, 5) is 26.8. The number of aromatic amines is 1. The lowest BCUT2D eigenvalue weighted by Crippen LogP contribution is -2.46. The van der Waals surface area contributed by atoms with E-state index in [-0.39, 0.29) is 51.7 Å². The van der Waals surface area contributed by atoms with Gasteiger partial charge in [0, 0.05) is 41.6 Å². The predicted molar refractivity (Wildman–Crippen MR) is 150 cm³/mol. The fourth-order valence-electron chi connectivity index (χ4n) is 6.49. The maximum absolute atomic E-state index is 14.3. The molecule has 5 aromatic rings. The number of hydrogen-bond donors (Lipinski definition) is 2. The second-order valence-corrected chi connectivity index (χ2v) is 12.9. The summed E-state index contributed by atoms with van der Waals surface area (Å²) in [6.45, 7) is 0. The molecule has 0 unspecified atom stereocenters. The molecule has 2 saturated heterocycles. The molecule has 7 rings (SSSR count). The van der Waals surface area contributed by atoms with Gasteiger partial charge in [0.25, 0.3) is 5.91 Å². The summed E-state index contributed by atoms with van der Waals surface area (Å²) in [5, 5.41) is 11.9. The molecule has 2 bridgehead atoms. The van der Waals surface area contributed by atoms with Gasteiger partial charge in [-0.05, 0) is 43.9 Å². The highest BCUT2D eigenvalue weighted by Crippen LogP contribution is 2.45. The zero-order valence-electron chi connectivity index (χ0n) is 22.8. The molecule has 1 amide bonds. The van der Waals surface area contributed by atoms with Crippen LogP contribution < -0.4 is 5.73 Å². The molecule has 220 valence electrons. The third-order valence-corrected chi connectivity index (χ3v) is 9.46. The van der Waals surface area contributed by atoms with Crippen LogP contribution in [-0.2, 0) is 9.84 Å². The van der Waals surface area contributed by atoms with Crippen LogP contribution in [0.15, 0.2) is 53.9 Å². The van der Waals surface area contributed by atoms with Crippen molar-refractivity contribution in [1.29, 1.82) is 0 Å². The summed E-state index contributed by atoms with van der Waals surface area (Å²) in [6.07, 6.45) is 7.92. The average Bonchev–Trinajstić information content (AvgIpc) is 3.71. The van der Waals surface area contributed by atoms with Gasteiger partial charge in [-0.1, -0.05) is 12.1 Å². The third kappa shape index (κ3) is 4.42. The maximum atomic E-state index is 14.3. The van der Waals surface area contributed by atoms with Gasteiger partial charge in [-0.3, -0.25) is 9.78 Å². The standard InChI is InChI=1S/C28H25F2N9O3S/c1-43(41,42)24-23(15-9-16-6-7-17(10-15)38(16)28(40)26-33-13-34-37-26)36-27-18(12-35-39(27)25(24)31)14-5-8-21(32-11-14)22-19(29)3-2-4-20(22)30/h2-5,8,11-13,15-17H,6-7,9-10,31H2,1H3,(H,33,34,37)/t15-,16+,17-. The normalized spacial score (nSPS) is 20.2. The lowest BCUT2D eigenvalue weighted by atomic mass is 9.87. The molecule has 0 saturated carbocycles. The number of sulfone groups is 1. The van der Waals surface area contributed by atoms with Gasteiger partial charge in [0.05, 0.1) is 23.1 Å². The number of carbonyl (C=O) groups excluding carboxylic acids is 1. The molecule has 2 aliphatic rings. The van der Waals surface area contributed by atoms with Crippen molar-refractivity contribution in [2.45, 2.75) is 48.6 Å². The van der Waals surface area contributed by atoms with E-state index in [1.807, 2.05) is 4.90 Å². The summed E-state index contributed by atoms with van der Waals surface area (Å²) in [5.41, 5.74) is 8.05. The van der Waals surface area contributed by atoms with Crippen molar-refractivity contribution in [1.82, 2.24) is 39.7 Å². The van der Waals surface area contributed by atoms with Crippen LogP contribution in [0.4, 0.5) is 14.6 Å². The quantitative estimate of drug-likeness (QED) is 0.305. The van der Waals surface area contributed by atoms with Crippen molar-refractivity contribution in [2.75, 3.05) is 12.0 Å². The van der Waals surface area contributed by atoms with E-state index < -0.39 is 21.5 Å². The summed E-state index contributed by atoms with van der Waals surface area (Å²) in [5.74, 6) is -1.89. The highest BCUT2D eigenvalue weighted by Gasteiger charge is 2.46. The number of anilines is 1. The number of fused-ring (bicyclic) bond motifs is 3. The molecule has 2 aliphatic heterocycles. The first-order valence-electron chi connectivity index (χ1n) is 13.6. The van der Waals surface area contributed by atoms with Crippen LogP contribution in [0.5, 0.6) is 0 Å². The summed E-state index contributed by atoms with van der Waals surface area (Å²) < 4.78 is 56.0. The van der Waals surface area contributed by atoms with E-state index in [2.05, 4.69) is 25.3 Å². The summed E-state index contributed by atoms with van der Waals surface area (Å²) >= 11 is 0. The number of hydrogen-bond acceptors (Lipinski definition) is 9. The van der Waals surface area contributed by atoms with Crippen molar-refractivity contribution in [3.8, 4) is 22.4 Å². The number of carbonyl (C=O) groups is 1. The lowest BCUT2D eigenvalue weighted by molar-refractivity contribution is 0.0556. The highest BCUT2D eigenvalue weighted by atomic mass is 32.2. The molecular formula is C28H25F2N9O3S. The lowest BCUT2D eigenvalue weighted by Gasteiger charge is -2.38. The van der Waals surface area contributed by atoms with Crippen LogP contribution in [0.1, 0.15) is 47.9 Å².